The lowest BCUT2D eigenvalue weighted by Crippen LogP contribution is -2.46. The molecule has 0 aromatic heterocycles. The van der Waals surface area contributed by atoms with Crippen molar-refractivity contribution < 1.29 is 14.7 Å². The van der Waals surface area contributed by atoms with E-state index in [1.54, 1.807) is 11.8 Å². The van der Waals surface area contributed by atoms with E-state index in [0.717, 1.165) is 12.2 Å². The van der Waals surface area contributed by atoms with Gasteiger partial charge in [0.2, 0.25) is 0 Å². The molecule has 1 heterocycles. The Morgan fingerprint density at radius 2 is 2.33 bits per heavy atom. The maximum Gasteiger partial charge on any atom is 0.326 e. The van der Waals surface area contributed by atoms with Crippen molar-refractivity contribution in [3.8, 4) is 0 Å². The summed E-state index contributed by atoms with van der Waals surface area (Å²) in [6, 6.07) is -0.895. The first-order chi connectivity index (χ1) is 7.16. The molecule has 1 atom stereocenters. The maximum absolute atomic E-state index is 11.6. The van der Waals surface area contributed by atoms with Crippen LogP contribution in [0.15, 0.2) is 0 Å². The number of nitrogens with one attached hydrogen (secondary N) is 1. The molecule has 1 fully saturated rings. The van der Waals surface area contributed by atoms with Crippen molar-refractivity contribution in [3.63, 3.8) is 0 Å². The fourth-order valence-electron chi connectivity index (χ4n) is 1.63. The van der Waals surface area contributed by atoms with E-state index in [-0.39, 0.29) is 6.03 Å². The summed E-state index contributed by atoms with van der Waals surface area (Å²) in [7, 11) is 0. The summed E-state index contributed by atoms with van der Waals surface area (Å²) in [4.78, 5) is 23.8. The van der Waals surface area contributed by atoms with Crippen molar-refractivity contribution in [2.75, 3.05) is 25.1 Å². The van der Waals surface area contributed by atoms with E-state index in [4.69, 9.17) is 5.11 Å². The van der Waals surface area contributed by atoms with Crippen molar-refractivity contribution in [3.05, 3.63) is 0 Å². The first-order valence-corrected chi connectivity index (χ1v) is 6.32. The van der Waals surface area contributed by atoms with E-state index in [1.165, 1.54) is 4.90 Å². The second kappa shape index (κ2) is 5.85. The topological polar surface area (TPSA) is 69.6 Å². The van der Waals surface area contributed by atoms with Crippen LogP contribution < -0.4 is 5.32 Å². The molecule has 2 N–H and O–H groups in total. The van der Waals surface area contributed by atoms with Crippen molar-refractivity contribution in [2.24, 2.45) is 0 Å². The molecule has 15 heavy (non-hydrogen) atoms. The van der Waals surface area contributed by atoms with Crippen LogP contribution in [0.3, 0.4) is 0 Å². The van der Waals surface area contributed by atoms with E-state index < -0.39 is 12.0 Å². The van der Waals surface area contributed by atoms with Gasteiger partial charge >= 0.3 is 12.0 Å². The van der Waals surface area contributed by atoms with Crippen LogP contribution in [-0.4, -0.2) is 53.1 Å². The highest BCUT2D eigenvalue weighted by molar-refractivity contribution is 7.98. The van der Waals surface area contributed by atoms with Crippen LogP contribution >= 0.6 is 11.8 Å². The first-order valence-electron chi connectivity index (χ1n) is 4.93. The molecule has 1 unspecified atom stereocenters. The molecular formula is C9H16N2O3S. The lowest BCUT2D eigenvalue weighted by atomic mass is 10.2. The fraction of sp³-hybridized carbons (Fsp3) is 0.778. The third kappa shape index (κ3) is 3.30. The Labute approximate surface area is 93.2 Å². The average Bonchev–Trinajstić information content (AvgIpc) is 2.66. The number of carbonyl (C=O) groups excluding carboxylic acids is 1. The lowest BCUT2D eigenvalue weighted by molar-refractivity contribution is -0.141. The average molecular weight is 232 g/mol. The summed E-state index contributed by atoms with van der Waals surface area (Å²) in [6.07, 6.45) is 3.29. The molecule has 1 aliphatic rings. The van der Waals surface area contributed by atoms with Gasteiger partial charge in [-0.2, -0.15) is 11.8 Å². The third-order valence-electron chi connectivity index (χ3n) is 2.38. The van der Waals surface area contributed by atoms with Crippen LogP contribution in [0, 0.1) is 0 Å². The monoisotopic (exact) mass is 232 g/mol. The molecule has 0 saturated carbocycles. The van der Waals surface area contributed by atoms with Crippen molar-refractivity contribution in [1.82, 2.24) is 10.2 Å². The minimum absolute atomic E-state index is 0.256. The number of urea groups is 1. The predicted octanol–water partition coefficient (Wildman–Crippen LogP) is 0.608. The maximum atomic E-state index is 11.6. The molecule has 0 bridgehead atoms. The Hall–Kier alpha value is -0.910. The van der Waals surface area contributed by atoms with Gasteiger partial charge in [-0.1, -0.05) is 0 Å². The summed E-state index contributed by atoms with van der Waals surface area (Å²) in [5, 5.41) is 11.6. The minimum atomic E-state index is -0.910. The SMILES string of the molecule is CSCCNC(=O)N1CCCC1C(=O)O. The molecule has 0 spiro atoms. The number of thioether (sulfide) groups is 1. The number of carboxylic acids is 1. The number of hydrogen-bond acceptors (Lipinski definition) is 3. The zero-order chi connectivity index (χ0) is 11.3. The quantitative estimate of drug-likeness (QED) is 0.697. The Bertz CT molecular complexity index is 248. The van der Waals surface area contributed by atoms with Gasteiger partial charge in [0.25, 0.3) is 0 Å². The van der Waals surface area contributed by atoms with Gasteiger partial charge in [0.15, 0.2) is 0 Å². The molecule has 0 aromatic carbocycles. The Morgan fingerprint density at radius 1 is 1.60 bits per heavy atom. The highest BCUT2D eigenvalue weighted by Gasteiger charge is 2.33. The van der Waals surface area contributed by atoms with E-state index >= 15 is 0 Å². The van der Waals surface area contributed by atoms with E-state index in [0.29, 0.717) is 19.5 Å². The zero-order valence-corrected chi connectivity index (χ0v) is 9.55. The number of amides is 2. The standard InChI is InChI=1S/C9H16N2O3S/c1-15-6-4-10-9(14)11-5-2-3-7(11)8(12)13/h7H,2-6H2,1H3,(H,10,14)(H,12,13). The van der Waals surface area contributed by atoms with Gasteiger partial charge in [-0.3, -0.25) is 0 Å². The Kier molecular flexibility index (Phi) is 4.74. The Balaban J connectivity index is 2.40. The van der Waals surface area contributed by atoms with Gasteiger partial charge in [0.1, 0.15) is 6.04 Å². The molecule has 0 radical (unpaired) electrons. The third-order valence-corrected chi connectivity index (χ3v) is 2.99. The van der Waals surface area contributed by atoms with Gasteiger partial charge in [0.05, 0.1) is 0 Å². The van der Waals surface area contributed by atoms with Crippen LogP contribution in [0.4, 0.5) is 4.79 Å². The zero-order valence-electron chi connectivity index (χ0n) is 8.73. The molecule has 1 saturated heterocycles. The van der Waals surface area contributed by atoms with Gasteiger partial charge in [-0.15, -0.1) is 0 Å². The lowest BCUT2D eigenvalue weighted by Gasteiger charge is -2.21. The molecule has 1 aliphatic heterocycles. The summed E-state index contributed by atoms with van der Waals surface area (Å²) >= 11 is 1.64. The largest absolute Gasteiger partial charge is 0.480 e. The molecule has 0 aliphatic carbocycles. The summed E-state index contributed by atoms with van der Waals surface area (Å²) in [5.74, 6) is -0.0651. The number of nitrogens with zero attached hydrogens (tertiary/aromatic N) is 1. The predicted molar refractivity (Wildman–Crippen MR) is 59.1 cm³/mol. The van der Waals surface area contributed by atoms with Crippen LogP contribution in [-0.2, 0) is 4.79 Å². The van der Waals surface area contributed by atoms with Crippen molar-refractivity contribution >= 4 is 23.8 Å². The molecule has 1 rings (SSSR count). The molecular weight excluding hydrogens is 216 g/mol. The molecule has 2 amide bonds. The van der Waals surface area contributed by atoms with E-state index in [1.807, 2.05) is 6.26 Å². The van der Waals surface area contributed by atoms with E-state index in [2.05, 4.69) is 5.32 Å². The van der Waals surface area contributed by atoms with E-state index in [9.17, 15) is 9.59 Å². The summed E-state index contributed by atoms with van der Waals surface area (Å²) < 4.78 is 0. The summed E-state index contributed by atoms with van der Waals surface area (Å²) in [6.45, 7) is 1.13. The van der Waals surface area contributed by atoms with Crippen LogP contribution in [0.5, 0.6) is 0 Å². The van der Waals surface area contributed by atoms with Gasteiger partial charge < -0.3 is 15.3 Å². The van der Waals surface area contributed by atoms with Crippen LogP contribution in [0.1, 0.15) is 12.8 Å². The van der Waals surface area contributed by atoms with Crippen LogP contribution in [0.25, 0.3) is 0 Å². The Morgan fingerprint density at radius 3 is 2.93 bits per heavy atom. The molecule has 0 aromatic rings. The van der Waals surface area contributed by atoms with Gasteiger partial charge in [-0.05, 0) is 19.1 Å². The highest BCUT2D eigenvalue weighted by Crippen LogP contribution is 2.17. The van der Waals surface area contributed by atoms with Gasteiger partial charge in [0, 0.05) is 18.8 Å². The number of carbonyl (C=O) groups is 2. The first kappa shape index (κ1) is 12.2. The van der Waals surface area contributed by atoms with Crippen molar-refractivity contribution in [2.45, 2.75) is 18.9 Å². The second-order valence-electron chi connectivity index (χ2n) is 3.41. The number of rotatable bonds is 4. The van der Waals surface area contributed by atoms with Crippen molar-refractivity contribution in [1.29, 1.82) is 0 Å². The highest BCUT2D eigenvalue weighted by atomic mass is 32.2. The minimum Gasteiger partial charge on any atom is -0.480 e. The normalized spacial score (nSPS) is 20.3. The summed E-state index contributed by atoms with van der Waals surface area (Å²) in [5.41, 5.74) is 0. The molecule has 86 valence electrons. The van der Waals surface area contributed by atoms with Gasteiger partial charge in [-0.25, -0.2) is 9.59 Å². The number of carboxylic acid groups (broad SMARTS) is 1. The number of likely N-dealkylation sites (tertiary alicyclic amines) is 1. The fourth-order valence-corrected chi connectivity index (χ4v) is 1.93. The second-order valence-corrected chi connectivity index (χ2v) is 4.40. The smallest absolute Gasteiger partial charge is 0.326 e. The molecule has 6 heteroatoms. The van der Waals surface area contributed by atoms with Crippen LogP contribution in [0.2, 0.25) is 0 Å². The molecule has 5 nitrogen and oxygen atoms in total. The number of hydrogen-bond donors (Lipinski definition) is 2. The number of aliphatic carboxylic acids is 1.